The van der Waals surface area contributed by atoms with Crippen LogP contribution in [0.5, 0.6) is 0 Å². The monoisotopic (exact) mass is 319 g/mol. The van der Waals surface area contributed by atoms with E-state index in [-0.39, 0.29) is 5.91 Å². The smallest absolute Gasteiger partial charge is 0.219 e. The molecule has 0 aromatic carbocycles. The summed E-state index contributed by atoms with van der Waals surface area (Å²) >= 11 is 6.19. The van der Waals surface area contributed by atoms with E-state index in [1.54, 1.807) is 25.6 Å². The SMILES string of the molecule is CC(=O)N1C[C@@H]2CC(O)(c3cc(Cl)cn4cncc34)C[C@@H]2C1. The molecule has 2 aromatic heterocycles. The number of hydrogen-bond acceptors (Lipinski definition) is 3. The Morgan fingerprint density at radius 1 is 1.41 bits per heavy atom. The first-order valence-electron chi connectivity index (χ1n) is 7.56. The molecule has 0 radical (unpaired) electrons. The minimum absolute atomic E-state index is 0.124. The number of rotatable bonds is 1. The van der Waals surface area contributed by atoms with Crippen molar-refractivity contribution in [1.29, 1.82) is 0 Å². The molecule has 1 amide bonds. The molecule has 5 nitrogen and oxygen atoms in total. The zero-order valence-electron chi connectivity index (χ0n) is 12.4. The fourth-order valence-corrected chi connectivity index (χ4v) is 4.41. The van der Waals surface area contributed by atoms with E-state index in [9.17, 15) is 9.90 Å². The van der Waals surface area contributed by atoms with Gasteiger partial charge in [0.25, 0.3) is 0 Å². The number of amides is 1. The van der Waals surface area contributed by atoms with Crippen LogP contribution in [0.2, 0.25) is 5.02 Å². The molecule has 2 aliphatic rings. The lowest BCUT2D eigenvalue weighted by Gasteiger charge is -2.27. The van der Waals surface area contributed by atoms with E-state index in [1.165, 1.54) is 0 Å². The van der Waals surface area contributed by atoms with Crippen LogP contribution in [0.15, 0.2) is 24.8 Å². The van der Waals surface area contributed by atoms with Crippen LogP contribution in [-0.4, -0.2) is 38.4 Å². The van der Waals surface area contributed by atoms with Crippen LogP contribution in [0.3, 0.4) is 0 Å². The van der Waals surface area contributed by atoms with Crippen molar-refractivity contribution in [1.82, 2.24) is 14.3 Å². The quantitative estimate of drug-likeness (QED) is 0.875. The van der Waals surface area contributed by atoms with Crippen LogP contribution in [0.1, 0.15) is 25.3 Å². The summed E-state index contributed by atoms with van der Waals surface area (Å²) in [5.74, 6) is 0.839. The zero-order valence-corrected chi connectivity index (χ0v) is 13.1. The van der Waals surface area contributed by atoms with Crippen molar-refractivity contribution in [2.75, 3.05) is 13.1 Å². The lowest BCUT2D eigenvalue weighted by Crippen LogP contribution is -2.31. The molecule has 1 saturated heterocycles. The average Bonchev–Trinajstić information content (AvgIpc) is 3.10. The third kappa shape index (κ3) is 2.03. The van der Waals surface area contributed by atoms with Gasteiger partial charge in [-0.15, -0.1) is 0 Å². The molecule has 4 rings (SSSR count). The molecule has 3 heterocycles. The maximum Gasteiger partial charge on any atom is 0.219 e. The summed E-state index contributed by atoms with van der Waals surface area (Å²) in [6.07, 6.45) is 6.59. The van der Waals surface area contributed by atoms with Crippen LogP contribution in [-0.2, 0) is 10.4 Å². The highest BCUT2D eigenvalue weighted by Crippen LogP contribution is 2.50. The molecule has 1 aliphatic heterocycles. The van der Waals surface area contributed by atoms with Crippen molar-refractivity contribution in [2.24, 2.45) is 11.8 Å². The van der Waals surface area contributed by atoms with Gasteiger partial charge in [0.05, 0.1) is 28.7 Å². The number of nitrogens with zero attached hydrogens (tertiary/aromatic N) is 3. The molecule has 1 N–H and O–H groups in total. The van der Waals surface area contributed by atoms with Crippen molar-refractivity contribution in [3.05, 3.63) is 35.4 Å². The predicted octanol–water partition coefficient (Wildman–Crippen LogP) is 2.06. The summed E-state index contributed by atoms with van der Waals surface area (Å²) in [4.78, 5) is 17.6. The number of fused-ring (bicyclic) bond motifs is 2. The third-order valence-corrected chi connectivity index (χ3v) is 5.42. The Morgan fingerprint density at radius 3 is 2.73 bits per heavy atom. The Bertz CT molecular complexity index is 743. The summed E-state index contributed by atoms with van der Waals surface area (Å²) in [6, 6.07) is 1.85. The van der Waals surface area contributed by atoms with Crippen LogP contribution < -0.4 is 0 Å². The summed E-state index contributed by atoms with van der Waals surface area (Å²) in [7, 11) is 0. The van der Waals surface area contributed by atoms with E-state index >= 15 is 0 Å². The number of carbonyl (C=O) groups is 1. The molecule has 0 spiro atoms. The molecule has 1 aliphatic carbocycles. The first-order chi connectivity index (χ1) is 10.5. The average molecular weight is 320 g/mol. The largest absolute Gasteiger partial charge is 0.385 e. The van der Waals surface area contributed by atoms with Crippen molar-refractivity contribution >= 4 is 23.0 Å². The maximum absolute atomic E-state index is 11.5. The fourth-order valence-electron chi connectivity index (χ4n) is 4.20. The maximum atomic E-state index is 11.5. The Balaban J connectivity index is 1.69. The molecule has 3 atom stereocenters. The van der Waals surface area contributed by atoms with Crippen molar-refractivity contribution in [2.45, 2.75) is 25.4 Å². The van der Waals surface area contributed by atoms with Crippen LogP contribution in [0.25, 0.3) is 5.52 Å². The minimum atomic E-state index is -0.885. The number of imidazole rings is 1. The molecule has 2 fully saturated rings. The van der Waals surface area contributed by atoms with Gasteiger partial charge >= 0.3 is 0 Å². The highest BCUT2D eigenvalue weighted by Gasteiger charge is 2.50. The Hall–Kier alpha value is -1.59. The van der Waals surface area contributed by atoms with Crippen molar-refractivity contribution in [3.63, 3.8) is 0 Å². The molecule has 2 aromatic rings. The van der Waals surface area contributed by atoms with E-state index in [0.29, 0.717) is 29.7 Å². The van der Waals surface area contributed by atoms with Gasteiger partial charge < -0.3 is 14.4 Å². The molecular formula is C16H18ClN3O2. The number of hydrogen-bond donors (Lipinski definition) is 1. The predicted molar refractivity (Wildman–Crippen MR) is 82.6 cm³/mol. The number of aromatic nitrogens is 2. The first kappa shape index (κ1) is 14.0. The Kier molecular flexibility index (Phi) is 3.00. The number of halogens is 1. The summed E-state index contributed by atoms with van der Waals surface area (Å²) in [6.45, 7) is 3.11. The van der Waals surface area contributed by atoms with E-state index in [1.807, 2.05) is 15.4 Å². The molecule has 6 heteroatoms. The second-order valence-corrected chi connectivity index (χ2v) is 7.08. The molecular weight excluding hydrogens is 302 g/mol. The van der Waals surface area contributed by atoms with Gasteiger partial charge in [-0.2, -0.15) is 0 Å². The highest BCUT2D eigenvalue weighted by molar-refractivity contribution is 6.30. The lowest BCUT2D eigenvalue weighted by atomic mass is 9.90. The number of aliphatic hydroxyl groups is 1. The zero-order chi connectivity index (χ0) is 15.5. The van der Waals surface area contributed by atoms with E-state index in [2.05, 4.69) is 4.98 Å². The van der Waals surface area contributed by atoms with E-state index in [4.69, 9.17) is 11.6 Å². The van der Waals surface area contributed by atoms with Crippen LogP contribution in [0.4, 0.5) is 0 Å². The Labute approximate surface area is 133 Å². The number of likely N-dealkylation sites (tertiary alicyclic amines) is 1. The van der Waals surface area contributed by atoms with Crippen LogP contribution >= 0.6 is 11.6 Å². The second-order valence-electron chi connectivity index (χ2n) is 6.64. The van der Waals surface area contributed by atoms with Gasteiger partial charge in [-0.25, -0.2) is 4.98 Å². The Morgan fingerprint density at radius 2 is 2.09 bits per heavy atom. The summed E-state index contributed by atoms with van der Waals surface area (Å²) in [5, 5.41) is 11.8. The normalized spacial score (nSPS) is 31.0. The standard InChI is InChI=1S/C16H18ClN3O2/c1-10(21)19-6-11-3-16(22,4-12(11)7-19)14-2-13(17)8-20-9-18-5-15(14)20/h2,5,8-9,11-12,22H,3-4,6-7H2,1H3/t11-,12+,16?. The van der Waals surface area contributed by atoms with Crippen molar-refractivity contribution in [3.8, 4) is 0 Å². The fraction of sp³-hybridized carbons (Fsp3) is 0.500. The molecule has 116 valence electrons. The van der Waals surface area contributed by atoms with Gasteiger partial charge in [-0.3, -0.25) is 4.79 Å². The second kappa shape index (κ2) is 4.70. The molecule has 22 heavy (non-hydrogen) atoms. The van der Waals surface area contributed by atoms with Gasteiger partial charge in [0.15, 0.2) is 0 Å². The van der Waals surface area contributed by atoms with Gasteiger partial charge in [-0.05, 0) is 30.7 Å². The van der Waals surface area contributed by atoms with Gasteiger partial charge in [0.2, 0.25) is 5.91 Å². The van der Waals surface area contributed by atoms with Gasteiger partial charge in [0.1, 0.15) is 0 Å². The number of carbonyl (C=O) groups excluding carboxylic acids is 1. The third-order valence-electron chi connectivity index (χ3n) is 5.21. The van der Waals surface area contributed by atoms with Crippen molar-refractivity contribution < 1.29 is 9.90 Å². The molecule has 0 bridgehead atoms. The highest BCUT2D eigenvalue weighted by atomic mass is 35.5. The summed E-state index contributed by atoms with van der Waals surface area (Å²) < 4.78 is 1.85. The minimum Gasteiger partial charge on any atom is -0.385 e. The van der Waals surface area contributed by atoms with Crippen LogP contribution in [0, 0.1) is 11.8 Å². The number of pyridine rings is 1. The molecule has 1 saturated carbocycles. The van der Waals surface area contributed by atoms with Gasteiger partial charge in [-0.1, -0.05) is 11.6 Å². The van der Waals surface area contributed by atoms with E-state index < -0.39 is 5.60 Å². The topological polar surface area (TPSA) is 57.8 Å². The summed E-state index contributed by atoms with van der Waals surface area (Å²) in [5.41, 5.74) is 0.862. The lowest BCUT2D eigenvalue weighted by molar-refractivity contribution is -0.128. The van der Waals surface area contributed by atoms with E-state index in [0.717, 1.165) is 24.2 Å². The molecule has 1 unspecified atom stereocenters. The van der Waals surface area contributed by atoms with Gasteiger partial charge in [0, 0.05) is 31.8 Å². The first-order valence-corrected chi connectivity index (χ1v) is 7.94.